The average Bonchev–Trinajstić information content (AvgIpc) is 2.64. The summed E-state index contributed by atoms with van der Waals surface area (Å²) < 4.78 is 26.3. The Morgan fingerprint density at radius 2 is 1.76 bits per heavy atom. The number of amides is 1. The van der Waals surface area contributed by atoms with Crippen LogP contribution in [0.1, 0.15) is 45.2 Å². The predicted octanol–water partition coefficient (Wildman–Crippen LogP) is 4.79. The van der Waals surface area contributed by atoms with E-state index in [1.807, 2.05) is 30.3 Å². The fourth-order valence-electron chi connectivity index (χ4n) is 3.38. The van der Waals surface area contributed by atoms with Gasteiger partial charge in [-0.25, -0.2) is 8.42 Å². The highest BCUT2D eigenvalue weighted by atomic mass is 35.5. The van der Waals surface area contributed by atoms with Crippen molar-refractivity contribution >= 4 is 33.2 Å². The highest BCUT2D eigenvalue weighted by molar-refractivity contribution is 7.92. The summed E-state index contributed by atoms with van der Waals surface area (Å²) in [4.78, 5) is 13.2. The van der Waals surface area contributed by atoms with E-state index in [9.17, 15) is 13.2 Å². The first kappa shape index (κ1) is 23.2. The number of nitrogens with zero attached hydrogens (tertiary/aromatic N) is 1. The number of rotatable bonds is 9. The van der Waals surface area contributed by atoms with Gasteiger partial charge in [0.15, 0.2) is 0 Å². The standard InChI is InChI=1S/C22H29ClN2O3S/c1-5-21(25(29(4,27)28)19-13-9-12-18(23)15-19)22(26)24-20(14-16(2)3)17-10-7-6-8-11-17/h6-13,15-16,20-21H,5,14H2,1-4H3,(H,24,26)/t20-,21-/m0/s1. The van der Waals surface area contributed by atoms with Crippen molar-refractivity contribution in [3.63, 3.8) is 0 Å². The summed E-state index contributed by atoms with van der Waals surface area (Å²) in [6.07, 6.45) is 2.18. The van der Waals surface area contributed by atoms with Crippen LogP contribution in [0.5, 0.6) is 0 Å². The Bertz CT molecular complexity index is 917. The second-order valence-corrected chi connectivity index (χ2v) is 9.86. The molecule has 0 aliphatic rings. The van der Waals surface area contributed by atoms with E-state index in [1.54, 1.807) is 31.2 Å². The average molecular weight is 437 g/mol. The van der Waals surface area contributed by atoms with Crippen LogP contribution in [0.2, 0.25) is 5.02 Å². The zero-order valence-corrected chi connectivity index (χ0v) is 18.9. The molecule has 1 N–H and O–H groups in total. The van der Waals surface area contributed by atoms with Crippen molar-refractivity contribution in [1.82, 2.24) is 5.32 Å². The number of nitrogens with one attached hydrogen (secondary N) is 1. The van der Waals surface area contributed by atoms with E-state index >= 15 is 0 Å². The summed E-state index contributed by atoms with van der Waals surface area (Å²) in [6, 6.07) is 15.2. The van der Waals surface area contributed by atoms with Gasteiger partial charge >= 0.3 is 0 Å². The molecule has 29 heavy (non-hydrogen) atoms. The lowest BCUT2D eigenvalue weighted by Gasteiger charge is -2.32. The van der Waals surface area contributed by atoms with Crippen LogP contribution in [0, 0.1) is 5.92 Å². The van der Waals surface area contributed by atoms with Crippen LogP contribution in [0.3, 0.4) is 0 Å². The van der Waals surface area contributed by atoms with E-state index in [2.05, 4.69) is 19.2 Å². The van der Waals surface area contributed by atoms with Crippen LogP contribution >= 0.6 is 11.6 Å². The second-order valence-electron chi connectivity index (χ2n) is 7.56. The maximum absolute atomic E-state index is 13.2. The third-order valence-corrected chi connectivity index (χ3v) is 6.03. The maximum Gasteiger partial charge on any atom is 0.244 e. The van der Waals surface area contributed by atoms with E-state index in [4.69, 9.17) is 11.6 Å². The third kappa shape index (κ3) is 6.47. The Balaban J connectivity index is 2.37. The minimum absolute atomic E-state index is 0.196. The van der Waals surface area contributed by atoms with Crippen molar-refractivity contribution in [2.75, 3.05) is 10.6 Å². The van der Waals surface area contributed by atoms with E-state index in [1.165, 1.54) is 0 Å². The molecule has 0 aromatic heterocycles. The Morgan fingerprint density at radius 3 is 2.28 bits per heavy atom. The van der Waals surface area contributed by atoms with Crippen molar-refractivity contribution in [3.05, 3.63) is 65.2 Å². The first-order valence-electron chi connectivity index (χ1n) is 9.73. The van der Waals surface area contributed by atoms with Crippen LogP contribution in [0.15, 0.2) is 54.6 Å². The minimum Gasteiger partial charge on any atom is -0.347 e. The molecule has 0 aliphatic heterocycles. The third-order valence-electron chi connectivity index (χ3n) is 4.62. The zero-order chi connectivity index (χ0) is 21.6. The Hall–Kier alpha value is -2.05. The van der Waals surface area contributed by atoms with Gasteiger partial charge in [-0.2, -0.15) is 0 Å². The summed E-state index contributed by atoms with van der Waals surface area (Å²) in [7, 11) is -3.70. The highest BCUT2D eigenvalue weighted by Gasteiger charge is 2.33. The highest BCUT2D eigenvalue weighted by Crippen LogP contribution is 2.27. The number of anilines is 1. The number of hydrogen-bond acceptors (Lipinski definition) is 3. The van der Waals surface area contributed by atoms with Crippen molar-refractivity contribution < 1.29 is 13.2 Å². The molecule has 0 saturated carbocycles. The molecule has 0 aliphatic carbocycles. The fraction of sp³-hybridized carbons (Fsp3) is 0.409. The van der Waals surface area contributed by atoms with E-state index < -0.39 is 16.1 Å². The number of sulfonamides is 1. The Kier molecular flexibility index (Phi) is 8.11. The molecule has 2 atom stereocenters. The first-order valence-corrected chi connectivity index (χ1v) is 12.0. The molecule has 0 unspecified atom stereocenters. The molecule has 7 heteroatoms. The van der Waals surface area contributed by atoms with Crippen LogP contribution < -0.4 is 9.62 Å². The van der Waals surface area contributed by atoms with Gasteiger partial charge in [0.25, 0.3) is 0 Å². The quantitative estimate of drug-likeness (QED) is 0.614. The van der Waals surface area contributed by atoms with Crippen LogP contribution in [0.25, 0.3) is 0 Å². The van der Waals surface area contributed by atoms with Gasteiger partial charge in [0.1, 0.15) is 6.04 Å². The monoisotopic (exact) mass is 436 g/mol. The molecule has 1 amide bonds. The van der Waals surface area contributed by atoms with Gasteiger partial charge in [-0.15, -0.1) is 0 Å². The summed E-state index contributed by atoms with van der Waals surface area (Å²) in [5.41, 5.74) is 1.38. The summed E-state index contributed by atoms with van der Waals surface area (Å²) in [6.45, 7) is 5.98. The summed E-state index contributed by atoms with van der Waals surface area (Å²) >= 11 is 6.07. The number of carbonyl (C=O) groups is 1. The lowest BCUT2D eigenvalue weighted by atomic mass is 9.96. The topological polar surface area (TPSA) is 66.5 Å². The van der Waals surface area contributed by atoms with Crippen LogP contribution in [-0.4, -0.2) is 26.6 Å². The van der Waals surface area contributed by atoms with Crippen LogP contribution in [-0.2, 0) is 14.8 Å². The van der Waals surface area contributed by atoms with Gasteiger partial charge in [-0.05, 0) is 42.5 Å². The molecule has 2 aromatic rings. The normalized spacial score (nSPS) is 13.7. The van der Waals surface area contributed by atoms with Gasteiger partial charge < -0.3 is 5.32 Å². The zero-order valence-electron chi connectivity index (χ0n) is 17.3. The molecule has 158 valence electrons. The van der Waals surface area contributed by atoms with Gasteiger partial charge in [-0.1, -0.05) is 68.8 Å². The van der Waals surface area contributed by atoms with E-state index in [-0.39, 0.29) is 11.9 Å². The smallest absolute Gasteiger partial charge is 0.244 e. The van der Waals surface area contributed by atoms with E-state index in [0.717, 1.165) is 22.5 Å². The summed E-state index contributed by atoms with van der Waals surface area (Å²) in [5.74, 6) is 0.0342. The number of halogens is 1. The molecular weight excluding hydrogens is 408 g/mol. The Labute approximate surface area is 179 Å². The molecule has 0 saturated heterocycles. The largest absolute Gasteiger partial charge is 0.347 e. The first-order chi connectivity index (χ1) is 13.6. The molecule has 5 nitrogen and oxygen atoms in total. The molecular formula is C22H29ClN2O3S. The van der Waals surface area contributed by atoms with Crippen molar-refractivity contribution in [2.24, 2.45) is 5.92 Å². The van der Waals surface area contributed by atoms with Gasteiger partial charge in [0.05, 0.1) is 18.0 Å². The lowest BCUT2D eigenvalue weighted by Crippen LogP contribution is -2.50. The van der Waals surface area contributed by atoms with Gasteiger partial charge in [-0.3, -0.25) is 9.10 Å². The predicted molar refractivity (Wildman–Crippen MR) is 120 cm³/mol. The molecule has 2 rings (SSSR count). The number of carbonyl (C=O) groups excluding carboxylic acids is 1. The molecule has 0 radical (unpaired) electrons. The van der Waals surface area contributed by atoms with E-state index in [0.29, 0.717) is 23.0 Å². The lowest BCUT2D eigenvalue weighted by molar-refractivity contribution is -0.123. The minimum atomic E-state index is -3.70. The molecule has 2 aromatic carbocycles. The van der Waals surface area contributed by atoms with Gasteiger partial charge in [0.2, 0.25) is 15.9 Å². The van der Waals surface area contributed by atoms with Crippen molar-refractivity contribution in [3.8, 4) is 0 Å². The number of benzene rings is 2. The molecule has 0 bridgehead atoms. The second kappa shape index (κ2) is 10.1. The number of hydrogen-bond donors (Lipinski definition) is 1. The SMILES string of the molecule is CC[C@@H](C(=O)N[C@@H](CC(C)C)c1ccccc1)N(c1cccc(Cl)c1)S(C)(=O)=O. The molecule has 0 fully saturated rings. The fourth-order valence-corrected chi connectivity index (χ4v) is 4.76. The summed E-state index contributed by atoms with van der Waals surface area (Å²) in [5, 5.41) is 3.49. The molecule has 0 spiro atoms. The van der Waals surface area contributed by atoms with Gasteiger partial charge in [0, 0.05) is 5.02 Å². The molecule has 0 heterocycles. The van der Waals surface area contributed by atoms with Crippen molar-refractivity contribution in [1.29, 1.82) is 0 Å². The van der Waals surface area contributed by atoms with Crippen molar-refractivity contribution in [2.45, 2.75) is 45.7 Å². The Morgan fingerprint density at radius 1 is 1.10 bits per heavy atom. The van der Waals surface area contributed by atoms with Crippen LogP contribution in [0.4, 0.5) is 5.69 Å². The maximum atomic E-state index is 13.2.